The minimum atomic E-state index is -0.0911. The van der Waals surface area contributed by atoms with Crippen LogP contribution in [0.5, 0.6) is 0 Å². The van der Waals surface area contributed by atoms with Gasteiger partial charge in [0.1, 0.15) is 22.2 Å². The normalized spacial score (nSPS) is 20.8. The van der Waals surface area contributed by atoms with Crippen LogP contribution >= 0.6 is 11.3 Å². The number of anilines is 1. The van der Waals surface area contributed by atoms with Gasteiger partial charge < -0.3 is 20.5 Å². The number of aromatic nitrogens is 3. The highest BCUT2D eigenvalue weighted by Gasteiger charge is 2.27. The summed E-state index contributed by atoms with van der Waals surface area (Å²) in [6, 6.07) is 8.85. The molecule has 4 heterocycles. The van der Waals surface area contributed by atoms with E-state index >= 15 is 0 Å². The van der Waals surface area contributed by atoms with Crippen molar-refractivity contribution in [2.45, 2.75) is 57.5 Å². The first-order valence-corrected chi connectivity index (χ1v) is 12.6. The molecule has 0 saturated carbocycles. The van der Waals surface area contributed by atoms with Crippen molar-refractivity contribution in [3.8, 4) is 10.6 Å². The van der Waals surface area contributed by atoms with Gasteiger partial charge in [-0.25, -0.2) is 9.97 Å². The number of H-pyrrole nitrogens is 1. The lowest BCUT2D eigenvalue weighted by Crippen LogP contribution is -2.40. The number of fused-ring (bicyclic) bond motifs is 1. The molecule has 2 aliphatic rings. The first-order chi connectivity index (χ1) is 15.6. The van der Waals surface area contributed by atoms with Gasteiger partial charge in [-0.3, -0.25) is 4.79 Å². The molecule has 2 aliphatic heterocycles. The topological polar surface area (TPSA) is 85.9 Å². The second-order valence-corrected chi connectivity index (χ2v) is 10.3. The van der Waals surface area contributed by atoms with E-state index in [2.05, 4.69) is 34.4 Å². The van der Waals surface area contributed by atoms with Crippen molar-refractivity contribution in [1.82, 2.24) is 25.2 Å². The fraction of sp³-hybridized carbons (Fsp3) is 0.542. The number of para-hydroxylation sites is 1. The fourth-order valence-electron chi connectivity index (χ4n) is 4.82. The van der Waals surface area contributed by atoms with Crippen molar-refractivity contribution in [3.63, 3.8) is 0 Å². The molecule has 2 saturated heterocycles. The summed E-state index contributed by atoms with van der Waals surface area (Å²) in [6.45, 7) is 8.50. The molecule has 0 unspecified atom stereocenters. The van der Waals surface area contributed by atoms with Crippen LogP contribution in [0, 0.1) is 0 Å². The zero-order chi connectivity index (χ0) is 22.1. The quantitative estimate of drug-likeness (QED) is 0.546. The van der Waals surface area contributed by atoms with Crippen molar-refractivity contribution < 1.29 is 0 Å². The second-order valence-electron chi connectivity index (χ2n) is 9.25. The lowest BCUT2D eigenvalue weighted by molar-refractivity contribution is 0.169. The molecule has 32 heavy (non-hydrogen) atoms. The molecule has 0 bridgehead atoms. The van der Waals surface area contributed by atoms with Crippen molar-refractivity contribution >= 4 is 27.4 Å². The SMILES string of the molecule is CC(C)N1CCC(c2nc(N[C@@H]3CCCNC3)c(-c3nc4ccccc4s3)c(=O)[nH]2)CC1. The number of thiazole rings is 1. The number of nitrogens with zero attached hydrogens (tertiary/aromatic N) is 3. The second kappa shape index (κ2) is 9.29. The van der Waals surface area contributed by atoms with Crippen LogP contribution < -0.4 is 16.2 Å². The van der Waals surface area contributed by atoms with Crippen LogP contribution in [0.25, 0.3) is 20.8 Å². The molecule has 7 nitrogen and oxygen atoms in total. The third kappa shape index (κ3) is 4.44. The van der Waals surface area contributed by atoms with Crippen LogP contribution in [-0.2, 0) is 0 Å². The Morgan fingerprint density at radius 1 is 1.16 bits per heavy atom. The maximum Gasteiger partial charge on any atom is 0.263 e. The Balaban J connectivity index is 1.51. The lowest BCUT2D eigenvalue weighted by atomic mass is 9.95. The number of aromatic amines is 1. The molecule has 5 rings (SSSR count). The highest BCUT2D eigenvalue weighted by atomic mass is 32.1. The van der Waals surface area contributed by atoms with Crippen LogP contribution in [0.15, 0.2) is 29.1 Å². The van der Waals surface area contributed by atoms with Crippen molar-refractivity contribution in [2.75, 3.05) is 31.5 Å². The molecule has 0 radical (unpaired) electrons. The van der Waals surface area contributed by atoms with E-state index in [-0.39, 0.29) is 17.5 Å². The molecule has 1 atom stereocenters. The van der Waals surface area contributed by atoms with E-state index in [1.807, 2.05) is 24.3 Å². The molecule has 170 valence electrons. The van der Waals surface area contributed by atoms with Crippen LogP contribution in [0.4, 0.5) is 5.82 Å². The van der Waals surface area contributed by atoms with Gasteiger partial charge in [-0.1, -0.05) is 12.1 Å². The predicted molar refractivity (Wildman–Crippen MR) is 132 cm³/mol. The zero-order valence-corrected chi connectivity index (χ0v) is 19.7. The van der Waals surface area contributed by atoms with Gasteiger partial charge in [-0.2, -0.15) is 0 Å². The van der Waals surface area contributed by atoms with Gasteiger partial charge in [0.05, 0.1) is 10.2 Å². The van der Waals surface area contributed by atoms with E-state index in [0.717, 1.165) is 72.9 Å². The Morgan fingerprint density at radius 3 is 2.69 bits per heavy atom. The largest absolute Gasteiger partial charge is 0.365 e. The monoisotopic (exact) mass is 452 g/mol. The number of hydrogen-bond donors (Lipinski definition) is 3. The summed E-state index contributed by atoms with van der Waals surface area (Å²) in [4.78, 5) is 28.8. The van der Waals surface area contributed by atoms with Gasteiger partial charge in [0.2, 0.25) is 0 Å². The summed E-state index contributed by atoms with van der Waals surface area (Å²) in [5, 5.41) is 7.78. The molecular formula is C24H32N6OS. The summed E-state index contributed by atoms with van der Waals surface area (Å²) in [7, 11) is 0. The third-order valence-corrected chi connectivity index (χ3v) is 7.78. The minimum absolute atomic E-state index is 0.0911. The van der Waals surface area contributed by atoms with Gasteiger partial charge in [0, 0.05) is 24.5 Å². The molecule has 0 spiro atoms. The standard InChI is InChI=1S/C24H32N6OS/c1-15(2)30-12-9-16(10-13-30)21-28-22(26-17-6-5-11-25-14-17)20(23(31)29-21)24-27-18-7-3-4-8-19(18)32-24/h3-4,7-8,15-17,25H,5-6,9-14H2,1-2H3,(H2,26,28,29,31)/t17-/m1/s1. The number of benzene rings is 1. The van der Waals surface area contributed by atoms with Crippen molar-refractivity contribution in [3.05, 3.63) is 40.4 Å². The number of likely N-dealkylation sites (tertiary alicyclic amines) is 1. The molecule has 1 aromatic carbocycles. The van der Waals surface area contributed by atoms with Crippen molar-refractivity contribution in [1.29, 1.82) is 0 Å². The number of hydrogen-bond acceptors (Lipinski definition) is 7. The maximum atomic E-state index is 13.4. The van der Waals surface area contributed by atoms with E-state index in [1.54, 1.807) is 11.3 Å². The van der Waals surface area contributed by atoms with Gasteiger partial charge in [0.25, 0.3) is 5.56 Å². The highest BCUT2D eigenvalue weighted by Crippen LogP contribution is 2.34. The molecule has 0 aliphatic carbocycles. The Bertz CT molecular complexity index is 1090. The van der Waals surface area contributed by atoms with E-state index in [4.69, 9.17) is 9.97 Å². The van der Waals surface area contributed by atoms with E-state index in [1.165, 1.54) is 0 Å². The highest BCUT2D eigenvalue weighted by molar-refractivity contribution is 7.21. The van der Waals surface area contributed by atoms with E-state index in [0.29, 0.717) is 17.4 Å². The third-order valence-electron chi connectivity index (χ3n) is 6.73. The van der Waals surface area contributed by atoms with Gasteiger partial charge >= 0.3 is 0 Å². The first-order valence-electron chi connectivity index (χ1n) is 11.8. The van der Waals surface area contributed by atoms with E-state index in [9.17, 15) is 4.79 Å². The Kier molecular flexibility index (Phi) is 6.26. The molecule has 3 N–H and O–H groups in total. The summed E-state index contributed by atoms with van der Waals surface area (Å²) in [5.74, 6) is 1.78. The number of nitrogens with one attached hydrogen (secondary N) is 3. The summed E-state index contributed by atoms with van der Waals surface area (Å²) >= 11 is 1.55. The van der Waals surface area contributed by atoms with Crippen molar-refractivity contribution in [2.24, 2.45) is 0 Å². The lowest BCUT2D eigenvalue weighted by Gasteiger charge is -2.34. The smallest absolute Gasteiger partial charge is 0.263 e. The Morgan fingerprint density at radius 2 is 1.97 bits per heavy atom. The minimum Gasteiger partial charge on any atom is -0.365 e. The summed E-state index contributed by atoms with van der Waals surface area (Å²) < 4.78 is 1.08. The summed E-state index contributed by atoms with van der Waals surface area (Å²) in [6.07, 6.45) is 4.23. The van der Waals surface area contributed by atoms with Crippen LogP contribution in [0.3, 0.4) is 0 Å². The fourth-order valence-corrected chi connectivity index (χ4v) is 5.83. The van der Waals surface area contributed by atoms with Crippen LogP contribution in [0.1, 0.15) is 51.3 Å². The number of piperidine rings is 2. The summed E-state index contributed by atoms with van der Waals surface area (Å²) in [5.41, 5.74) is 1.40. The van der Waals surface area contributed by atoms with Gasteiger partial charge in [-0.05, 0) is 71.3 Å². The molecule has 8 heteroatoms. The first kappa shape index (κ1) is 21.6. The maximum absolute atomic E-state index is 13.4. The average molecular weight is 453 g/mol. The number of rotatable bonds is 5. The van der Waals surface area contributed by atoms with Crippen LogP contribution in [0.2, 0.25) is 0 Å². The van der Waals surface area contributed by atoms with Crippen LogP contribution in [-0.4, -0.2) is 58.1 Å². The molecule has 2 fully saturated rings. The molecule has 2 aromatic heterocycles. The van der Waals surface area contributed by atoms with Gasteiger partial charge in [0.15, 0.2) is 0 Å². The predicted octanol–water partition coefficient (Wildman–Crippen LogP) is 3.80. The Labute approximate surface area is 192 Å². The van der Waals surface area contributed by atoms with E-state index < -0.39 is 0 Å². The van der Waals surface area contributed by atoms with Gasteiger partial charge in [-0.15, -0.1) is 11.3 Å². The average Bonchev–Trinajstić information content (AvgIpc) is 3.23. The Hall–Kier alpha value is -2.29. The molecule has 0 amide bonds. The molecule has 3 aromatic rings. The molecular weight excluding hydrogens is 420 g/mol. The zero-order valence-electron chi connectivity index (χ0n) is 18.9.